The number of pyridine rings is 1. The molecule has 1 saturated heterocycles. The predicted octanol–water partition coefficient (Wildman–Crippen LogP) is 3.30. The average Bonchev–Trinajstić information content (AvgIpc) is 2.74. The van der Waals surface area contributed by atoms with Crippen LogP contribution in [0.2, 0.25) is 0 Å². The van der Waals surface area contributed by atoms with E-state index in [9.17, 15) is 4.79 Å². The summed E-state index contributed by atoms with van der Waals surface area (Å²) in [7, 11) is 3.21. The van der Waals surface area contributed by atoms with Gasteiger partial charge in [0.05, 0.1) is 33.1 Å². The van der Waals surface area contributed by atoms with Crippen LogP contribution in [0, 0.1) is 13.8 Å². The fourth-order valence-electron chi connectivity index (χ4n) is 3.28. The van der Waals surface area contributed by atoms with E-state index in [1.165, 1.54) is 0 Å². The zero-order chi connectivity index (χ0) is 20.8. The molecule has 1 amide bonds. The fraction of sp³-hybridized carbons (Fsp3) is 0.429. The molecule has 8 nitrogen and oxygen atoms in total. The Bertz CT molecular complexity index is 866. The van der Waals surface area contributed by atoms with Gasteiger partial charge in [0.1, 0.15) is 18.1 Å². The number of carbonyl (C=O) groups is 1. The maximum absolute atomic E-state index is 12.3. The van der Waals surface area contributed by atoms with Crippen molar-refractivity contribution in [2.45, 2.75) is 20.5 Å². The summed E-state index contributed by atoms with van der Waals surface area (Å²) in [6.45, 7) is 6.79. The van der Waals surface area contributed by atoms with Crippen molar-refractivity contribution >= 4 is 17.5 Å². The van der Waals surface area contributed by atoms with E-state index in [-0.39, 0.29) is 6.61 Å². The number of aryl methyl sites for hydroxylation is 1. The largest absolute Gasteiger partial charge is 0.497 e. The Labute approximate surface area is 170 Å². The number of carbonyl (C=O) groups excluding carboxylic acids is 1. The number of aromatic nitrogens is 1. The summed E-state index contributed by atoms with van der Waals surface area (Å²) in [6, 6.07) is 5.59. The summed E-state index contributed by atoms with van der Waals surface area (Å²) in [5.74, 6) is 1.41. The molecule has 0 spiro atoms. The Kier molecular flexibility index (Phi) is 6.77. The molecule has 29 heavy (non-hydrogen) atoms. The molecule has 1 aliphatic rings. The summed E-state index contributed by atoms with van der Waals surface area (Å²) >= 11 is 0. The predicted molar refractivity (Wildman–Crippen MR) is 110 cm³/mol. The van der Waals surface area contributed by atoms with E-state index in [1.807, 2.05) is 26.0 Å². The molecular formula is C21H27N3O5. The molecule has 0 bridgehead atoms. The molecule has 0 atom stereocenters. The molecular weight excluding hydrogens is 374 g/mol. The highest BCUT2D eigenvalue weighted by Gasteiger charge is 2.15. The molecule has 8 heteroatoms. The lowest BCUT2D eigenvalue weighted by Crippen LogP contribution is -2.36. The Morgan fingerprint density at radius 3 is 2.62 bits per heavy atom. The number of nitrogens with zero attached hydrogens (tertiary/aromatic N) is 2. The number of rotatable bonds is 6. The molecule has 0 unspecified atom stereocenters. The lowest BCUT2D eigenvalue weighted by Gasteiger charge is -2.29. The third kappa shape index (κ3) is 5.08. The highest BCUT2D eigenvalue weighted by Crippen LogP contribution is 2.28. The first-order valence-corrected chi connectivity index (χ1v) is 9.46. The van der Waals surface area contributed by atoms with Crippen molar-refractivity contribution in [3.8, 4) is 11.5 Å². The smallest absolute Gasteiger partial charge is 0.412 e. The molecule has 3 rings (SSSR count). The monoisotopic (exact) mass is 401 g/mol. The molecule has 156 valence electrons. The van der Waals surface area contributed by atoms with Crippen molar-refractivity contribution in [3.63, 3.8) is 0 Å². The maximum Gasteiger partial charge on any atom is 0.412 e. The van der Waals surface area contributed by atoms with Gasteiger partial charge in [-0.05, 0) is 19.9 Å². The Morgan fingerprint density at radius 1 is 1.17 bits per heavy atom. The van der Waals surface area contributed by atoms with Crippen LogP contribution in [-0.2, 0) is 16.1 Å². The lowest BCUT2D eigenvalue weighted by atomic mass is 10.1. The first kappa shape index (κ1) is 20.7. The van der Waals surface area contributed by atoms with Crippen molar-refractivity contribution in [2.75, 3.05) is 50.7 Å². The number of hydrogen-bond donors (Lipinski definition) is 1. The second-order valence-corrected chi connectivity index (χ2v) is 6.77. The van der Waals surface area contributed by atoms with E-state index in [4.69, 9.17) is 18.9 Å². The summed E-state index contributed by atoms with van der Waals surface area (Å²) in [5, 5.41) is 2.77. The summed E-state index contributed by atoms with van der Waals surface area (Å²) < 4.78 is 21.5. The number of amides is 1. The summed E-state index contributed by atoms with van der Waals surface area (Å²) in [5.41, 5.74) is 4.01. The molecule has 1 fully saturated rings. The Balaban J connectivity index is 1.67. The van der Waals surface area contributed by atoms with Crippen LogP contribution in [-0.4, -0.2) is 51.6 Å². The highest BCUT2D eigenvalue weighted by molar-refractivity contribution is 5.86. The van der Waals surface area contributed by atoms with Gasteiger partial charge in [-0.15, -0.1) is 0 Å². The van der Waals surface area contributed by atoms with E-state index in [2.05, 4.69) is 15.2 Å². The third-order valence-electron chi connectivity index (χ3n) is 4.84. The highest BCUT2D eigenvalue weighted by atomic mass is 16.5. The van der Waals surface area contributed by atoms with Gasteiger partial charge in [-0.1, -0.05) is 0 Å². The van der Waals surface area contributed by atoms with Crippen molar-refractivity contribution in [1.82, 2.24) is 4.98 Å². The quantitative estimate of drug-likeness (QED) is 0.795. The van der Waals surface area contributed by atoms with E-state index >= 15 is 0 Å². The van der Waals surface area contributed by atoms with Crippen LogP contribution in [0.3, 0.4) is 0 Å². The van der Waals surface area contributed by atoms with Crippen LogP contribution in [0.5, 0.6) is 11.5 Å². The van der Waals surface area contributed by atoms with E-state index in [0.717, 1.165) is 35.7 Å². The minimum absolute atomic E-state index is 0.0502. The van der Waals surface area contributed by atoms with Gasteiger partial charge in [-0.25, -0.2) is 4.79 Å². The molecule has 0 saturated carbocycles. The minimum Gasteiger partial charge on any atom is -0.497 e. The zero-order valence-corrected chi connectivity index (χ0v) is 17.3. The number of nitrogens with one attached hydrogen (secondary N) is 1. The van der Waals surface area contributed by atoms with Gasteiger partial charge >= 0.3 is 6.09 Å². The topological polar surface area (TPSA) is 82.2 Å². The SMILES string of the molecule is COc1cc(NC(=O)OCc2ncc(C)c(OC)c2C)cc(N2CCOCC2)c1. The first-order chi connectivity index (χ1) is 14.0. The average molecular weight is 401 g/mol. The van der Waals surface area contributed by atoms with E-state index < -0.39 is 6.09 Å². The normalized spacial score (nSPS) is 13.7. The second kappa shape index (κ2) is 9.47. The van der Waals surface area contributed by atoms with Crippen molar-refractivity contribution in [3.05, 3.63) is 41.2 Å². The van der Waals surface area contributed by atoms with Crippen LogP contribution in [0.25, 0.3) is 0 Å². The Hall–Kier alpha value is -3.00. The van der Waals surface area contributed by atoms with Gasteiger partial charge in [0.15, 0.2) is 0 Å². The zero-order valence-electron chi connectivity index (χ0n) is 17.3. The molecule has 1 aromatic carbocycles. The first-order valence-electron chi connectivity index (χ1n) is 9.46. The maximum atomic E-state index is 12.3. The molecule has 2 heterocycles. The minimum atomic E-state index is -0.563. The summed E-state index contributed by atoms with van der Waals surface area (Å²) in [4.78, 5) is 18.9. The molecule has 1 aromatic heterocycles. The van der Waals surface area contributed by atoms with Crippen LogP contribution in [0.15, 0.2) is 24.4 Å². The molecule has 1 N–H and O–H groups in total. The summed E-state index contributed by atoms with van der Waals surface area (Å²) in [6.07, 6.45) is 1.14. The number of ether oxygens (including phenoxy) is 4. The van der Waals surface area contributed by atoms with Gasteiger partial charge in [0, 0.05) is 53.9 Å². The van der Waals surface area contributed by atoms with Gasteiger partial charge in [0.25, 0.3) is 0 Å². The van der Waals surface area contributed by atoms with Gasteiger partial charge in [-0.3, -0.25) is 10.3 Å². The fourth-order valence-corrected chi connectivity index (χ4v) is 3.28. The number of benzene rings is 1. The van der Waals surface area contributed by atoms with Gasteiger partial charge < -0.3 is 23.8 Å². The van der Waals surface area contributed by atoms with Crippen molar-refractivity contribution in [1.29, 1.82) is 0 Å². The third-order valence-corrected chi connectivity index (χ3v) is 4.84. The standard InChI is InChI=1S/C21H27N3O5/c1-14-12-22-19(15(2)20(14)27-4)13-29-21(25)23-16-9-17(11-18(10-16)26-3)24-5-7-28-8-6-24/h9-12H,5-8,13H2,1-4H3,(H,23,25). The number of morpholine rings is 1. The van der Waals surface area contributed by atoms with Crippen molar-refractivity contribution in [2.24, 2.45) is 0 Å². The van der Waals surface area contributed by atoms with Crippen LogP contribution in [0.1, 0.15) is 16.8 Å². The molecule has 2 aromatic rings. The van der Waals surface area contributed by atoms with Gasteiger partial charge in [0.2, 0.25) is 0 Å². The second-order valence-electron chi connectivity index (χ2n) is 6.77. The van der Waals surface area contributed by atoms with Crippen LogP contribution >= 0.6 is 0 Å². The van der Waals surface area contributed by atoms with E-state index in [0.29, 0.717) is 30.3 Å². The van der Waals surface area contributed by atoms with Crippen molar-refractivity contribution < 1.29 is 23.7 Å². The van der Waals surface area contributed by atoms with Crippen LogP contribution in [0.4, 0.5) is 16.2 Å². The Morgan fingerprint density at radius 2 is 1.93 bits per heavy atom. The molecule has 0 radical (unpaired) electrons. The van der Waals surface area contributed by atoms with Gasteiger partial charge in [-0.2, -0.15) is 0 Å². The number of anilines is 2. The molecule has 1 aliphatic heterocycles. The van der Waals surface area contributed by atoms with Crippen LogP contribution < -0.4 is 19.7 Å². The van der Waals surface area contributed by atoms with E-state index in [1.54, 1.807) is 26.5 Å². The molecule has 0 aliphatic carbocycles. The number of methoxy groups -OCH3 is 2. The number of hydrogen-bond acceptors (Lipinski definition) is 7. The lowest BCUT2D eigenvalue weighted by molar-refractivity contribution is 0.122.